The number of aliphatic carboxylic acids is 1. The molecule has 4 nitrogen and oxygen atoms in total. The minimum absolute atomic E-state index is 0.289. The summed E-state index contributed by atoms with van der Waals surface area (Å²) in [5.41, 5.74) is 23.0. The highest BCUT2D eigenvalue weighted by Gasteiger charge is 2.53. The predicted octanol–water partition coefficient (Wildman–Crippen LogP) is 25.8. The van der Waals surface area contributed by atoms with E-state index in [1.165, 1.54) is 207 Å². The lowest BCUT2D eigenvalue weighted by Crippen LogP contribution is -2.30. The number of rotatable bonds is 31. The molecular weight excluding hydrogens is 1230 g/mol. The minimum Gasteiger partial charge on any atom is -0.477 e. The second kappa shape index (κ2) is 31.2. The number of carbonyl (C=O) groups is 1. The number of hydrogen-bond donors (Lipinski definition) is 1. The number of carboxylic acids is 1. The average molecular weight is 1320 g/mol. The van der Waals surface area contributed by atoms with Gasteiger partial charge in [-0.05, 0) is 213 Å². The first kappa shape index (κ1) is 67.4. The van der Waals surface area contributed by atoms with Crippen molar-refractivity contribution in [3.8, 4) is 47.8 Å². The summed E-state index contributed by atoms with van der Waals surface area (Å²) in [6, 6.07) is 90.2. The molecule has 13 rings (SSSR count). The zero-order valence-corrected chi connectivity index (χ0v) is 59.4. The van der Waals surface area contributed by atoms with Crippen molar-refractivity contribution in [2.45, 2.75) is 167 Å². The lowest BCUT2D eigenvalue weighted by atomic mass is 9.65. The number of unbranched alkanes of at least 4 members (excludes halogenated alkanes) is 12. The van der Waals surface area contributed by atoms with E-state index in [1.807, 2.05) is 40.9 Å². The third-order valence-corrected chi connectivity index (χ3v) is 23.3. The Balaban J connectivity index is 1.06. The molecule has 2 heterocycles. The second-order valence-corrected chi connectivity index (χ2v) is 29.4. The van der Waals surface area contributed by atoms with Crippen molar-refractivity contribution in [2.24, 2.45) is 0 Å². The van der Waals surface area contributed by atoms with E-state index in [0.717, 1.165) is 53.2 Å². The fourth-order valence-electron chi connectivity index (χ4n) is 15.6. The van der Waals surface area contributed by atoms with E-state index in [4.69, 9.17) is 0 Å². The zero-order valence-electron chi connectivity index (χ0n) is 57.7. The summed E-state index contributed by atoms with van der Waals surface area (Å²) in [6.45, 7) is 9.17. The predicted molar refractivity (Wildman–Crippen MR) is 415 cm³/mol. The molecule has 0 fully saturated rings. The van der Waals surface area contributed by atoms with Gasteiger partial charge in [0.15, 0.2) is 0 Å². The Hall–Kier alpha value is -9.12. The highest BCUT2D eigenvalue weighted by molar-refractivity contribution is 7.19. The summed E-state index contributed by atoms with van der Waals surface area (Å²) in [6.07, 6.45) is 25.2. The normalized spacial score (nSPS) is 13.2. The number of aryl methyl sites for hydroxylation is 4. The van der Waals surface area contributed by atoms with Crippen LogP contribution in [0.3, 0.4) is 0 Å². The van der Waals surface area contributed by atoms with Crippen LogP contribution in [0.4, 0.5) is 17.1 Å². The van der Waals surface area contributed by atoms with Gasteiger partial charge in [-0.15, -0.1) is 22.7 Å². The first-order valence-electron chi connectivity index (χ1n) is 36.5. The molecule has 2 aliphatic rings. The van der Waals surface area contributed by atoms with Crippen LogP contribution in [0, 0.1) is 11.3 Å². The van der Waals surface area contributed by atoms with Crippen molar-refractivity contribution in [1.82, 2.24) is 0 Å². The highest BCUT2D eigenvalue weighted by atomic mass is 32.1. The molecule has 0 atom stereocenters. The summed E-state index contributed by atoms with van der Waals surface area (Å²) >= 11 is 3.81. The van der Waals surface area contributed by atoms with E-state index in [-0.39, 0.29) is 5.57 Å². The van der Waals surface area contributed by atoms with Gasteiger partial charge in [-0.2, -0.15) is 5.26 Å². The Labute approximate surface area is 591 Å². The molecule has 2 aromatic heterocycles. The van der Waals surface area contributed by atoms with Gasteiger partial charge in [-0.25, -0.2) is 4.79 Å². The molecule has 0 unspecified atom stereocenters. The molecular formula is C92H92N2O2S2. The van der Waals surface area contributed by atoms with Crippen molar-refractivity contribution in [1.29, 1.82) is 5.26 Å². The van der Waals surface area contributed by atoms with Crippen LogP contribution in [0.2, 0.25) is 0 Å². The number of para-hydroxylation sites is 2. The maximum atomic E-state index is 12.0. The van der Waals surface area contributed by atoms with Crippen LogP contribution in [-0.2, 0) is 41.3 Å². The van der Waals surface area contributed by atoms with Crippen LogP contribution in [0.15, 0.2) is 236 Å². The maximum Gasteiger partial charge on any atom is 0.346 e. The van der Waals surface area contributed by atoms with Gasteiger partial charge >= 0.3 is 5.97 Å². The standard InChI is InChI=1S/C92H92N2O2S2/c1-5-9-13-19-27-65-37-49-73(50-38-65)91(74-51-39-66(40-52-74)28-20-14-10-6-2)82-61-81-83(60-80(82)88-84(91)62-86(97-88)70-45-35-69(36-46-70)59-72(64-93)90(95)96)92(75-53-41-67(42-54-75)29-21-15-11-7-3,76-55-43-68(44-56-76)30-22-16-12-8-4)85-63-87(98-89(81)85)71-47-57-79(58-48-71)94(77-31-23-17-24-32-77)78-33-25-18-26-34-78/h17-18,23-26,31-63H,5-16,19-22,27-30H2,1-4H3,(H,95,96)/b72-59-. The van der Waals surface area contributed by atoms with Crippen LogP contribution in [0.5, 0.6) is 0 Å². The topological polar surface area (TPSA) is 64.3 Å². The smallest absolute Gasteiger partial charge is 0.346 e. The van der Waals surface area contributed by atoms with E-state index in [0.29, 0.717) is 5.56 Å². The van der Waals surface area contributed by atoms with Crippen molar-refractivity contribution in [2.75, 3.05) is 4.90 Å². The van der Waals surface area contributed by atoms with Crippen LogP contribution in [-0.4, -0.2) is 11.1 Å². The largest absolute Gasteiger partial charge is 0.477 e. The molecule has 0 spiro atoms. The van der Waals surface area contributed by atoms with E-state index < -0.39 is 16.8 Å². The van der Waals surface area contributed by atoms with Crippen molar-refractivity contribution in [3.63, 3.8) is 0 Å². The summed E-state index contributed by atoms with van der Waals surface area (Å²) in [5, 5.41) is 19.6. The molecule has 494 valence electrons. The van der Waals surface area contributed by atoms with E-state index >= 15 is 0 Å². The first-order chi connectivity index (χ1) is 48.2. The minimum atomic E-state index is -1.23. The second-order valence-electron chi connectivity index (χ2n) is 27.3. The third kappa shape index (κ3) is 13.6. The van der Waals surface area contributed by atoms with Gasteiger partial charge < -0.3 is 10.0 Å². The van der Waals surface area contributed by atoms with Crippen LogP contribution >= 0.6 is 22.7 Å². The molecule has 6 heteroatoms. The van der Waals surface area contributed by atoms with E-state index in [2.05, 4.69) is 251 Å². The Bertz CT molecular complexity index is 4400. The Morgan fingerprint density at radius 2 is 0.724 bits per heavy atom. The lowest BCUT2D eigenvalue weighted by Gasteiger charge is -2.36. The molecule has 0 radical (unpaired) electrons. The maximum absolute atomic E-state index is 12.0. The summed E-state index contributed by atoms with van der Waals surface area (Å²) < 4.78 is 0. The van der Waals surface area contributed by atoms with Crippen LogP contribution < -0.4 is 4.90 Å². The molecule has 0 saturated heterocycles. The SMILES string of the molecule is CCCCCCc1ccc(C2(c3ccc(CCCCCC)cc3)c3cc4c(cc3-c3sc(-c5ccc(/C=C(/C#N)C(=O)O)cc5)cc32)C(c2ccc(CCCCCC)cc2)(c2ccc(CCCCCC)cc2)c2cc(-c3ccc(N(c5ccccc5)c5ccccc5)cc3)sc2-4)cc1. The third-order valence-electron chi connectivity index (χ3n) is 20.8. The Morgan fingerprint density at radius 3 is 1.04 bits per heavy atom. The fraction of sp³-hybridized carbons (Fsp3) is 0.283. The van der Waals surface area contributed by atoms with Gasteiger partial charge in [0.05, 0.1) is 10.8 Å². The van der Waals surface area contributed by atoms with Gasteiger partial charge in [0, 0.05) is 36.6 Å². The highest BCUT2D eigenvalue weighted by Crippen LogP contribution is 2.66. The van der Waals surface area contributed by atoms with Gasteiger partial charge in [-0.3, -0.25) is 0 Å². The number of nitriles is 1. The van der Waals surface area contributed by atoms with Crippen LogP contribution in [0.25, 0.3) is 47.8 Å². The molecule has 0 saturated carbocycles. The van der Waals surface area contributed by atoms with Crippen molar-refractivity contribution < 1.29 is 9.90 Å². The molecule has 0 aliphatic heterocycles. The molecule has 98 heavy (non-hydrogen) atoms. The number of thiophene rings is 2. The van der Waals surface area contributed by atoms with Crippen molar-refractivity contribution in [3.05, 3.63) is 308 Å². The molecule has 0 bridgehead atoms. The molecule has 0 amide bonds. The zero-order chi connectivity index (χ0) is 67.4. The van der Waals surface area contributed by atoms with Gasteiger partial charge in [0.2, 0.25) is 0 Å². The summed E-state index contributed by atoms with van der Waals surface area (Å²) in [5.74, 6) is -1.23. The summed E-state index contributed by atoms with van der Waals surface area (Å²) in [4.78, 5) is 19.3. The summed E-state index contributed by atoms with van der Waals surface area (Å²) in [7, 11) is 0. The first-order valence-corrected chi connectivity index (χ1v) is 38.2. The monoisotopic (exact) mass is 1320 g/mol. The lowest BCUT2D eigenvalue weighted by molar-refractivity contribution is -0.132. The van der Waals surface area contributed by atoms with E-state index in [9.17, 15) is 15.2 Å². The average Bonchev–Trinajstić information content (AvgIpc) is 1.50. The quantitative estimate of drug-likeness (QED) is 0.0267. The van der Waals surface area contributed by atoms with Crippen LogP contribution in [0.1, 0.15) is 203 Å². The molecule has 9 aromatic carbocycles. The number of anilines is 3. The van der Waals surface area contributed by atoms with Gasteiger partial charge in [0.25, 0.3) is 0 Å². The molecule has 2 aliphatic carbocycles. The number of fused-ring (bicyclic) bond motifs is 6. The Morgan fingerprint density at radius 1 is 0.398 bits per heavy atom. The van der Waals surface area contributed by atoms with Gasteiger partial charge in [-0.1, -0.05) is 275 Å². The van der Waals surface area contributed by atoms with Crippen molar-refractivity contribution >= 4 is 51.8 Å². The van der Waals surface area contributed by atoms with Gasteiger partial charge in [0.1, 0.15) is 11.6 Å². The molecule has 1 N–H and O–H groups in total. The molecule has 11 aromatic rings. The number of benzene rings is 9. The number of carboxylic acid groups (broad SMARTS) is 1. The fourth-order valence-corrected chi connectivity index (χ4v) is 18.1. The van der Waals surface area contributed by atoms with E-state index in [1.54, 1.807) is 0 Å². The number of hydrogen-bond acceptors (Lipinski definition) is 5. The number of nitrogens with zero attached hydrogens (tertiary/aromatic N) is 2. The Kier molecular flexibility index (Phi) is 21.5.